The van der Waals surface area contributed by atoms with E-state index in [1.807, 2.05) is 36.4 Å². The number of fused-ring (bicyclic) bond motifs is 1. The van der Waals surface area contributed by atoms with Gasteiger partial charge in [0.2, 0.25) is 0 Å². The molecule has 1 unspecified atom stereocenters. The molecule has 1 heterocycles. The Morgan fingerprint density at radius 1 is 0.857 bits per heavy atom. The molecule has 3 aromatic rings. The number of hydrogen-bond donors (Lipinski definition) is 1. The smallest absolute Gasteiger partial charge is 0.161 e. The average molecular weight is 377 g/mol. The lowest BCUT2D eigenvalue weighted by Crippen LogP contribution is -2.34. The molecular formula is C24H27NO3. The topological polar surface area (TPSA) is 41.9 Å². The number of ether oxygens (including phenoxy) is 2. The second-order valence-corrected chi connectivity index (χ2v) is 7.33. The molecule has 4 rings (SSSR count). The van der Waals surface area contributed by atoms with Crippen molar-refractivity contribution in [1.82, 2.24) is 4.90 Å². The number of aromatic hydroxyl groups is 1. The number of phenols is 1. The zero-order valence-electron chi connectivity index (χ0n) is 16.5. The van der Waals surface area contributed by atoms with Gasteiger partial charge in [-0.05, 0) is 60.5 Å². The quantitative estimate of drug-likeness (QED) is 0.669. The fourth-order valence-corrected chi connectivity index (χ4v) is 4.33. The molecule has 1 N–H and O–H groups in total. The zero-order chi connectivity index (χ0) is 19.5. The fourth-order valence-electron chi connectivity index (χ4n) is 4.33. The van der Waals surface area contributed by atoms with Gasteiger partial charge in [-0.15, -0.1) is 0 Å². The predicted molar refractivity (Wildman–Crippen MR) is 112 cm³/mol. The first kappa shape index (κ1) is 18.6. The first-order valence-electron chi connectivity index (χ1n) is 9.89. The van der Waals surface area contributed by atoms with Crippen LogP contribution in [0.1, 0.15) is 36.4 Å². The van der Waals surface area contributed by atoms with Crippen molar-refractivity contribution in [3.63, 3.8) is 0 Å². The summed E-state index contributed by atoms with van der Waals surface area (Å²) in [5, 5.41) is 13.1. The van der Waals surface area contributed by atoms with Gasteiger partial charge in [-0.25, -0.2) is 0 Å². The second-order valence-electron chi connectivity index (χ2n) is 7.33. The molecule has 1 atom stereocenters. The molecule has 4 nitrogen and oxygen atoms in total. The lowest BCUT2D eigenvalue weighted by molar-refractivity contribution is 0.185. The van der Waals surface area contributed by atoms with Gasteiger partial charge in [-0.3, -0.25) is 4.90 Å². The van der Waals surface area contributed by atoms with Crippen molar-refractivity contribution in [2.45, 2.75) is 25.3 Å². The van der Waals surface area contributed by atoms with Crippen LogP contribution in [0.15, 0.2) is 54.6 Å². The van der Waals surface area contributed by atoms with Crippen LogP contribution in [0.2, 0.25) is 0 Å². The Bertz CT molecular complexity index is 963. The van der Waals surface area contributed by atoms with Crippen molar-refractivity contribution in [2.24, 2.45) is 0 Å². The van der Waals surface area contributed by atoms with Gasteiger partial charge in [-0.1, -0.05) is 42.8 Å². The number of benzene rings is 3. The van der Waals surface area contributed by atoms with Crippen LogP contribution in [0.5, 0.6) is 17.2 Å². The van der Waals surface area contributed by atoms with Crippen LogP contribution in [0, 0.1) is 0 Å². The summed E-state index contributed by atoms with van der Waals surface area (Å²) in [6, 6.07) is 18.1. The number of likely N-dealkylation sites (tertiary alicyclic amines) is 1. The SMILES string of the molecule is COc1ccc(C(c2c(O)ccc3ccccc23)N2CCCCC2)cc1OC. The van der Waals surface area contributed by atoms with Crippen molar-refractivity contribution in [1.29, 1.82) is 0 Å². The number of phenolic OH excluding ortho intramolecular Hbond substituents is 1. The Kier molecular flexibility index (Phi) is 5.40. The van der Waals surface area contributed by atoms with Gasteiger partial charge in [0.15, 0.2) is 11.5 Å². The Morgan fingerprint density at radius 3 is 2.36 bits per heavy atom. The average Bonchev–Trinajstić information content (AvgIpc) is 2.76. The molecule has 1 aliphatic heterocycles. The molecule has 0 radical (unpaired) electrons. The van der Waals surface area contributed by atoms with Crippen LogP contribution < -0.4 is 9.47 Å². The van der Waals surface area contributed by atoms with Gasteiger partial charge in [0, 0.05) is 5.56 Å². The summed E-state index contributed by atoms with van der Waals surface area (Å²) in [6.45, 7) is 2.03. The van der Waals surface area contributed by atoms with Crippen LogP contribution in [0.4, 0.5) is 0 Å². The fraction of sp³-hybridized carbons (Fsp3) is 0.333. The van der Waals surface area contributed by atoms with E-state index < -0.39 is 0 Å². The summed E-state index contributed by atoms with van der Waals surface area (Å²) < 4.78 is 11.0. The van der Waals surface area contributed by atoms with Crippen molar-refractivity contribution in [2.75, 3.05) is 27.3 Å². The number of nitrogens with zero attached hydrogens (tertiary/aromatic N) is 1. The van der Waals surface area contributed by atoms with E-state index in [1.54, 1.807) is 14.2 Å². The Morgan fingerprint density at radius 2 is 1.61 bits per heavy atom. The van der Waals surface area contributed by atoms with E-state index in [2.05, 4.69) is 23.1 Å². The molecule has 0 amide bonds. The summed E-state index contributed by atoms with van der Waals surface area (Å²) in [7, 11) is 3.31. The summed E-state index contributed by atoms with van der Waals surface area (Å²) in [6.07, 6.45) is 3.61. The third-order valence-corrected chi connectivity index (χ3v) is 5.70. The summed E-state index contributed by atoms with van der Waals surface area (Å²) in [5.41, 5.74) is 2.07. The molecule has 4 heteroatoms. The normalized spacial score (nSPS) is 16.1. The van der Waals surface area contributed by atoms with Crippen molar-refractivity contribution in [3.8, 4) is 17.2 Å². The van der Waals surface area contributed by atoms with E-state index in [0.29, 0.717) is 17.2 Å². The Balaban J connectivity index is 1.92. The van der Waals surface area contributed by atoms with E-state index in [-0.39, 0.29) is 6.04 Å². The highest BCUT2D eigenvalue weighted by Gasteiger charge is 2.28. The summed E-state index contributed by atoms with van der Waals surface area (Å²) in [4.78, 5) is 2.48. The minimum Gasteiger partial charge on any atom is -0.508 e. The van der Waals surface area contributed by atoms with Gasteiger partial charge in [-0.2, -0.15) is 0 Å². The van der Waals surface area contributed by atoms with Crippen LogP contribution in [0.3, 0.4) is 0 Å². The molecular weight excluding hydrogens is 350 g/mol. The maximum Gasteiger partial charge on any atom is 0.161 e. The van der Waals surface area contributed by atoms with E-state index in [0.717, 1.165) is 35.0 Å². The minimum absolute atomic E-state index is 0.0359. The molecule has 0 aromatic heterocycles. The summed E-state index contributed by atoms with van der Waals surface area (Å²) in [5.74, 6) is 1.76. The van der Waals surface area contributed by atoms with Gasteiger partial charge in [0.05, 0.1) is 20.3 Å². The summed E-state index contributed by atoms with van der Waals surface area (Å²) >= 11 is 0. The van der Waals surface area contributed by atoms with Gasteiger partial charge < -0.3 is 14.6 Å². The Hall–Kier alpha value is -2.72. The number of rotatable bonds is 5. The van der Waals surface area contributed by atoms with Crippen molar-refractivity contribution < 1.29 is 14.6 Å². The number of hydrogen-bond acceptors (Lipinski definition) is 4. The first-order valence-corrected chi connectivity index (χ1v) is 9.89. The lowest BCUT2D eigenvalue weighted by Gasteiger charge is -2.36. The van der Waals surface area contributed by atoms with Gasteiger partial charge in [0.1, 0.15) is 5.75 Å². The minimum atomic E-state index is -0.0359. The number of methoxy groups -OCH3 is 2. The maximum atomic E-state index is 10.9. The largest absolute Gasteiger partial charge is 0.508 e. The monoisotopic (exact) mass is 377 g/mol. The predicted octanol–water partition coefficient (Wildman–Crippen LogP) is 5.14. The van der Waals surface area contributed by atoms with Crippen LogP contribution in [-0.4, -0.2) is 37.3 Å². The van der Waals surface area contributed by atoms with E-state index in [9.17, 15) is 5.11 Å². The van der Waals surface area contributed by atoms with Crippen LogP contribution >= 0.6 is 0 Å². The molecule has 0 bridgehead atoms. The standard InChI is InChI=1S/C24H27NO3/c1-27-21-13-11-18(16-22(21)28-2)24(25-14-6-3-7-15-25)23-19-9-5-4-8-17(19)10-12-20(23)26/h4-5,8-13,16,24,26H,3,6-7,14-15H2,1-2H3. The molecule has 0 spiro atoms. The van der Waals surface area contributed by atoms with E-state index >= 15 is 0 Å². The molecule has 0 aliphatic carbocycles. The molecule has 0 saturated carbocycles. The lowest BCUT2D eigenvalue weighted by atomic mass is 9.90. The zero-order valence-corrected chi connectivity index (χ0v) is 16.5. The molecule has 3 aromatic carbocycles. The van der Waals surface area contributed by atoms with E-state index in [4.69, 9.17) is 9.47 Å². The van der Waals surface area contributed by atoms with Crippen LogP contribution in [-0.2, 0) is 0 Å². The highest BCUT2D eigenvalue weighted by molar-refractivity contribution is 5.88. The van der Waals surface area contributed by atoms with Crippen LogP contribution in [0.25, 0.3) is 10.8 Å². The van der Waals surface area contributed by atoms with Gasteiger partial charge in [0.25, 0.3) is 0 Å². The van der Waals surface area contributed by atoms with Crippen molar-refractivity contribution >= 4 is 10.8 Å². The number of piperidine rings is 1. The highest BCUT2D eigenvalue weighted by Crippen LogP contribution is 2.42. The second kappa shape index (κ2) is 8.11. The van der Waals surface area contributed by atoms with Gasteiger partial charge >= 0.3 is 0 Å². The highest BCUT2D eigenvalue weighted by atomic mass is 16.5. The third-order valence-electron chi connectivity index (χ3n) is 5.70. The van der Waals surface area contributed by atoms with E-state index in [1.165, 1.54) is 19.3 Å². The Labute approximate surface area is 166 Å². The first-order chi connectivity index (χ1) is 13.7. The molecule has 1 fully saturated rings. The molecule has 1 saturated heterocycles. The molecule has 146 valence electrons. The molecule has 1 aliphatic rings. The maximum absolute atomic E-state index is 10.9. The molecule has 28 heavy (non-hydrogen) atoms. The van der Waals surface area contributed by atoms with Crippen molar-refractivity contribution in [3.05, 3.63) is 65.7 Å². The third kappa shape index (κ3) is 3.40.